The molecule has 0 aliphatic carbocycles. The van der Waals surface area contributed by atoms with Crippen LogP contribution >= 0.6 is 0 Å². The van der Waals surface area contributed by atoms with Gasteiger partial charge in [-0.2, -0.15) is 0 Å². The second-order valence-electron chi connectivity index (χ2n) is 4.28. The third-order valence-electron chi connectivity index (χ3n) is 2.70. The van der Waals surface area contributed by atoms with E-state index in [0.717, 1.165) is 0 Å². The lowest BCUT2D eigenvalue weighted by atomic mass is 10.1. The first kappa shape index (κ1) is 18.1. The first-order valence-corrected chi connectivity index (χ1v) is 6.45. The zero-order valence-corrected chi connectivity index (χ0v) is 13.0. The second kappa shape index (κ2) is 8.47. The molecule has 0 fully saturated rings. The number of rotatable bonds is 7. The molecule has 0 aliphatic heterocycles. The van der Waals surface area contributed by atoms with E-state index in [1.807, 2.05) is 0 Å². The summed E-state index contributed by atoms with van der Waals surface area (Å²) in [6, 6.07) is 2.16. The number of nitrogens with one attached hydrogen (secondary N) is 1. The van der Waals surface area contributed by atoms with Crippen LogP contribution in [0.1, 0.15) is 5.56 Å². The minimum Gasteiger partial charge on any atom is -0.493 e. The molecule has 0 bridgehead atoms. The Labute approximate surface area is 132 Å². The van der Waals surface area contributed by atoms with Crippen molar-refractivity contribution in [3.63, 3.8) is 0 Å². The fourth-order valence-corrected chi connectivity index (χ4v) is 1.77. The molecule has 0 aromatic heterocycles. The first-order valence-electron chi connectivity index (χ1n) is 6.45. The maximum absolute atomic E-state index is 11.7. The van der Waals surface area contributed by atoms with Crippen molar-refractivity contribution in [3.8, 4) is 17.2 Å². The minimum atomic E-state index is -1.02. The van der Waals surface area contributed by atoms with Gasteiger partial charge in [-0.25, -0.2) is 4.79 Å². The van der Waals surface area contributed by atoms with Gasteiger partial charge in [0.05, 0.1) is 27.8 Å². The van der Waals surface area contributed by atoms with Gasteiger partial charge in [0.2, 0.25) is 5.75 Å². The van der Waals surface area contributed by atoms with E-state index in [-0.39, 0.29) is 6.42 Å². The predicted molar refractivity (Wildman–Crippen MR) is 78.5 cm³/mol. The van der Waals surface area contributed by atoms with E-state index in [9.17, 15) is 14.4 Å². The Hall–Kier alpha value is -2.97. The molecule has 0 heterocycles. The molecule has 0 atom stereocenters. The largest absolute Gasteiger partial charge is 0.493 e. The van der Waals surface area contributed by atoms with Crippen LogP contribution in [0.3, 0.4) is 0 Å². The molecule has 0 spiro atoms. The van der Waals surface area contributed by atoms with E-state index >= 15 is 0 Å². The van der Waals surface area contributed by atoms with Crippen molar-refractivity contribution < 1.29 is 33.3 Å². The van der Waals surface area contributed by atoms with Gasteiger partial charge in [-0.15, -0.1) is 0 Å². The molecule has 9 heteroatoms. The van der Waals surface area contributed by atoms with E-state index in [1.54, 1.807) is 17.4 Å². The van der Waals surface area contributed by atoms with Gasteiger partial charge in [-0.05, 0) is 17.7 Å². The van der Waals surface area contributed by atoms with Crippen LogP contribution in [0.2, 0.25) is 0 Å². The third-order valence-corrected chi connectivity index (χ3v) is 2.70. The number of imide groups is 1. The molecule has 1 aromatic rings. The zero-order valence-electron chi connectivity index (χ0n) is 13.0. The number of benzene rings is 1. The fraction of sp³-hybridized carbons (Fsp3) is 0.357. The maximum Gasteiger partial charge on any atom is 0.318 e. The third kappa shape index (κ3) is 5.38. The summed E-state index contributed by atoms with van der Waals surface area (Å²) in [7, 11) is 4.37. The summed E-state index contributed by atoms with van der Waals surface area (Å²) in [5.74, 6) is -0.301. The van der Waals surface area contributed by atoms with Gasteiger partial charge in [-0.3, -0.25) is 14.9 Å². The van der Waals surface area contributed by atoms with Crippen molar-refractivity contribution in [2.45, 2.75) is 6.42 Å². The van der Waals surface area contributed by atoms with Crippen molar-refractivity contribution in [3.05, 3.63) is 17.7 Å². The lowest BCUT2D eigenvalue weighted by Gasteiger charge is -2.13. The van der Waals surface area contributed by atoms with Gasteiger partial charge in [0.25, 0.3) is 5.91 Å². The number of methoxy groups -OCH3 is 3. The number of esters is 1. The Kier molecular flexibility index (Phi) is 6.66. The lowest BCUT2D eigenvalue weighted by molar-refractivity contribution is -0.147. The summed E-state index contributed by atoms with van der Waals surface area (Å²) < 4.78 is 20.3. The Bertz CT molecular complexity index is 576. The molecule has 0 saturated heterocycles. The normalized spacial score (nSPS) is 9.70. The molecule has 1 rings (SSSR count). The number of ether oxygens (including phenoxy) is 4. The van der Waals surface area contributed by atoms with Crippen molar-refractivity contribution in [2.75, 3.05) is 27.9 Å². The standard InChI is InChI=1S/C14H18N2O7/c1-20-9-4-8(5-10(21-2)13(9)22-3)6-12(18)23-7-11(17)16-14(15)19/h4-5H,6-7H2,1-3H3,(H3,15,16,17,19). The van der Waals surface area contributed by atoms with Crippen LogP contribution in [0.25, 0.3) is 0 Å². The van der Waals surface area contributed by atoms with E-state index in [1.165, 1.54) is 21.3 Å². The summed E-state index contributed by atoms with van der Waals surface area (Å²) in [6.07, 6.45) is -0.124. The number of nitrogens with two attached hydrogens (primary N) is 1. The zero-order chi connectivity index (χ0) is 17.4. The van der Waals surface area contributed by atoms with Crippen LogP contribution in [0.15, 0.2) is 12.1 Å². The van der Waals surface area contributed by atoms with E-state index in [4.69, 9.17) is 24.7 Å². The highest BCUT2D eigenvalue weighted by Crippen LogP contribution is 2.38. The van der Waals surface area contributed by atoms with Crippen LogP contribution in [0.5, 0.6) is 17.2 Å². The first-order chi connectivity index (χ1) is 10.9. The predicted octanol–water partition coefficient (Wildman–Crippen LogP) is -0.00700. The van der Waals surface area contributed by atoms with Crippen molar-refractivity contribution in [1.82, 2.24) is 5.32 Å². The van der Waals surface area contributed by atoms with Gasteiger partial charge in [0.1, 0.15) is 0 Å². The quantitative estimate of drug-likeness (QED) is 0.675. The van der Waals surface area contributed by atoms with Crippen LogP contribution in [-0.4, -0.2) is 45.8 Å². The Morgan fingerprint density at radius 1 is 1.04 bits per heavy atom. The summed E-state index contributed by atoms with van der Waals surface area (Å²) in [6.45, 7) is -0.605. The average Bonchev–Trinajstić information content (AvgIpc) is 2.51. The van der Waals surface area contributed by atoms with Crippen LogP contribution in [0, 0.1) is 0 Å². The monoisotopic (exact) mass is 326 g/mol. The number of carbonyl (C=O) groups is 3. The fourth-order valence-electron chi connectivity index (χ4n) is 1.77. The molecule has 1 aromatic carbocycles. The second-order valence-corrected chi connectivity index (χ2v) is 4.28. The molecule has 0 unspecified atom stereocenters. The number of urea groups is 1. The SMILES string of the molecule is COc1cc(CC(=O)OCC(=O)NC(N)=O)cc(OC)c1OC. The van der Waals surface area contributed by atoms with Gasteiger partial charge >= 0.3 is 12.0 Å². The summed E-state index contributed by atoms with van der Waals surface area (Å²) >= 11 is 0. The molecule has 0 aliphatic rings. The molecular weight excluding hydrogens is 308 g/mol. The number of carbonyl (C=O) groups excluding carboxylic acids is 3. The van der Waals surface area contributed by atoms with E-state index < -0.39 is 24.5 Å². The highest BCUT2D eigenvalue weighted by molar-refractivity contribution is 5.94. The van der Waals surface area contributed by atoms with Crippen molar-refractivity contribution in [2.24, 2.45) is 5.73 Å². The minimum absolute atomic E-state index is 0.124. The topological polar surface area (TPSA) is 126 Å². The molecule has 9 nitrogen and oxygen atoms in total. The average molecular weight is 326 g/mol. The Morgan fingerprint density at radius 3 is 2.04 bits per heavy atom. The Morgan fingerprint density at radius 2 is 1.61 bits per heavy atom. The molecule has 23 heavy (non-hydrogen) atoms. The number of primary amides is 1. The van der Waals surface area contributed by atoms with Crippen LogP contribution in [0.4, 0.5) is 4.79 Å². The molecular formula is C14H18N2O7. The molecule has 0 saturated carbocycles. The maximum atomic E-state index is 11.7. The highest BCUT2D eigenvalue weighted by atomic mass is 16.5. The van der Waals surface area contributed by atoms with Crippen molar-refractivity contribution in [1.29, 1.82) is 0 Å². The van der Waals surface area contributed by atoms with Gasteiger partial charge in [0.15, 0.2) is 18.1 Å². The van der Waals surface area contributed by atoms with Crippen LogP contribution in [-0.2, 0) is 20.7 Å². The summed E-state index contributed by atoms with van der Waals surface area (Å²) in [4.78, 5) is 33.3. The summed E-state index contributed by atoms with van der Waals surface area (Å²) in [5, 5.41) is 1.78. The molecule has 3 N–H and O–H groups in total. The van der Waals surface area contributed by atoms with Gasteiger partial charge in [0, 0.05) is 0 Å². The van der Waals surface area contributed by atoms with E-state index in [2.05, 4.69) is 0 Å². The molecule has 0 radical (unpaired) electrons. The Balaban J connectivity index is 2.74. The number of amides is 3. The summed E-state index contributed by atoms with van der Waals surface area (Å²) in [5.41, 5.74) is 5.31. The van der Waals surface area contributed by atoms with E-state index in [0.29, 0.717) is 22.8 Å². The molecule has 126 valence electrons. The number of hydrogen-bond acceptors (Lipinski definition) is 7. The highest BCUT2D eigenvalue weighted by Gasteiger charge is 2.16. The van der Waals surface area contributed by atoms with Crippen LogP contribution < -0.4 is 25.3 Å². The number of hydrogen-bond donors (Lipinski definition) is 2. The lowest BCUT2D eigenvalue weighted by Crippen LogP contribution is -2.37. The molecule has 3 amide bonds. The van der Waals surface area contributed by atoms with Crippen molar-refractivity contribution >= 4 is 17.9 Å². The smallest absolute Gasteiger partial charge is 0.318 e. The van der Waals surface area contributed by atoms with Gasteiger partial charge in [-0.1, -0.05) is 0 Å². The van der Waals surface area contributed by atoms with Gasteiger partial charge < -0.3 is 24.7 Å².